The third-order valence-electron chi connectivity index (χ3n) is 5.26. The van der Waals surface area contributed by atoms with Crippen LogP contribution in [0.25, 0.3) is 5.65 Å². The third kappa shape index (κ3) is 3.47. The molecule has 0 amide bonds. The first-order chi connectivity index (χ1) is 14.7. The van der Waals surface area contributed by atoms with E-state index in [0.717, 1.165) is 29.7 Å². The second-order valence-corrected chi connectivity index (χ2v) is 7.44. The molecule has 1 fully saturated rings. The summed E-state index contributed by atoms with van der Waals surface area (Å²) < 4.78 is 22.4. The average molecular weight is 399 g/mol. The molecular weight excluding hydrogens is 377 g/mol. The number of ether oxygens (including phenoxy) is 1. The Kier molecular flexibility index (Phi) is 4.79. The van der Waals surface area contributed by atoms with Gasteiger partial charge in [0.05, 0.1) is 18.0 Å². The Hall–Kier alpha value is -3.47. The Morgan fingerprint density at radius 1 is 1.07 bits per heavy atom. The molecule has 0 radical (unpaired) electrons. The second kappa shape index (κ2) is 7.75. The Morgan fingerprint density at radius 2 is 1.70 bits per heavy atom. The van der Waals surface area contributed by atoms with Crippen LogP contribution in [0.15, 0.2) is 77.9 Å². The first kappa shape index (κ1) is 18.6. The third-order valence-corrected chi connectivity index (χ3v) is 5.26. The molecule has 5 heteroatoms. The van der Waals surface area contributed by atoms with Crippen LogP contribution in [0.3, 0.4) is 0 Å². The lowest BCUT2D eigenvalue weighted by molar-refractivity contribution is 0.341. The van der Waals surface area contributed by atoms with Gasteiger partial charge in [0.15, 0.2) is 0 Å². The number of benzene rings is 2. The molecule has 2 aromatic carbocycles. The van der Waals surface area contributed by atoms with Crippen LogP contribution in [-0.2, 0) is 0 Å². The van der Waals surface area contributed by atoms with Crippen molar-refractivity contribution in [2.45, 2.75) is 25.7 Å². The van der Waals surface area contributed by atoms with Crippen molar-refractivity contribution >= 4 is 17.0 Å². The smallest absolute Gasteiger partial charge is 0.221 e. The monoisotopic (exact) mass is 399 g/mol. The molecule has 5 rings (SSSR count). The molecule has 30 heavy (non-hydrogen) atoms. The van der Waals surface area contributed by atoms with E-state index in [2.05, 4.69) is 4.98 Å². The van der Waals surface area contributed by atoms with E-state index in [-0.39, 0.29) is 11.9 Å². The maximum Gasteiger partial charge on any atom is 0.221 e. The fourth-order valence-corrected chi connectivity index (χ4v) is 3.63. The van der Waals surface area contributed by atoms with Crippen LogP contribution in [0.2, 0.25) is 0 Å². The van der Waals surface area contributed by atoms with Crippen molar-refractivity contribution in [2.75, 3.05) is 6.61 Å². The van der Waals surface area contributed by atoms with E-state index in [0.29, 0.717) is 29.4 Å². The van der Waals surface area contributed by atoms with Crippen molar-refractivity contribution < 1.29 is 9.13 Å². The largest absolute Gasteiger partial charge is 0.491 e. The van der Waals surface area contributed by atoms with Gasteiger partial charge in [-0.15, -0.1) is 0 Å². The number of aliphatic imine (C=N–C) groups is 1. The Morgan fingerprint density at radius 3 is 2.27 bits per heavy atom. The zero-order valence-corrected chi connectivity index (χ0v) is 16.8. The molecule has 2 heterocycles. The highest BCUT2D eigenvalue weighted by atomic mass is 19.1. The van der Waals surface area contributed by atoms with Gasteiger partial charge in [0.1, 0.15) is 17.1 Å². The van der Waals surface area contributed by atoms with Crippen LogP contribution in [-0.4, -0.2) is 21.7 Å². The molecule has 0 spiro atoms. The number of fused-ring (bicyclic) bond motifs is 1. The Bertz CT molecular complexity index is 1170. The number of pyridine rings is 1. The van der Waals surface area contributed by atoms with Gasteiger partial charge in [-0.25, -0.2) is 9.98 Å². The minimum Gasteiger partial charge on any atom is -0.491 e. The summed E-state index contributed by atoms with van der Waals surface area (Å²) in [6.45, 7) is 2.41. The lowest BCUT2D eigenvalue weighted by Crippen LogP contribution is -2.03. The molecule has 0 saturated heterocycles. The molecule has 150 valence electrons. The summed E-state index contributed by atoms with van der Waals surface area (Å²) in [5.41, 5.74) is 4.44. The lowest BCUT2D eigenvalue weighted by atomic mass is 10.0. The van der Waals surface area contributed by atoms with E-state index in [1.807, 2.05) is 67.6 Å². The van der Waals surface area contributed by atoms with E-state index in [9.17, 15) is 0 Å². The van der Waals surface area contributed by atoms with E-state index in [4.69, 9.17) is 9.73 Å². The van der Waals surface area contributed by atoms with E-state index < -0.39 is 0 Å². The molecular formula is C25H22FN3O. The van der Waals surface area contributed by atoms with Gasteiger partial charge in [-0.05, 0) is 19.8 Å². The molecule has 1 aliphatic rings. The van der Waals surface area contributed by atoms with Crippen molar-refractivity contribution in [3.63, 3.8) is 0 Å². The van der Waals surface area contributed by atoms with Gasteiger partial charge in [0, 0.05) is 29.3 Å². The summed E-state index contributed by atoms with van der Waals surface area (Å²) >= 11 is 0. The number of rotatable bonds is 6. The first-order valence-electron chi connectivity index (χ1n) is 10.3. The lowest BCUT2D eigenvalue weighted by Gasteiger charge is -2.11. The zero-order valence-electron chi connectivity index (χ0n) is 16.8. The van der Waals surface area contributed by atoms with Crippen LogP contribution in [0.1, 0.15) is 42.5 Å². The quantitative estimate of drug-likeness (QED) is 0.378. The molecule has 0 unspecified atom stereocenters. The number of aromatic nitrogens is 2. The fourth-order valence-electron chi connectivity index (χ4n) is 3.63. The molecule has 1 saturated carbocycles. The van der Waals surface area contributed by atoms with Gasteiger partial charge < -0.3 is 4.74 Å². The predicted molar refractivity (Wildman–Crippen MR) is 116 cm³/mol. The summed E-state index contributed by atoms with van der Waals surface area (Å²) in [4.78, 5) is 9.47. The molecule has 0 N–H and O–H groups in total. The minimum atomic E-state index is -0.298. The van der Waals surface area contributed by atoms with Crippen LogP contribution in [0.4, 0.5) is 10.1 Å². The predicted octanol–water partition coefficient (Wildman–Crippen LogP) is 5.92. The number of hydrogen-bond donors (Lipinski definition) is 0. The minimum absolute atomic E-state index is 0.233. The highest BCUT2D eigenvalue weighted by Gasteiger charge is 2.31. The van der Waals surface area contributed by atoms with Crippen molar-refractivity contribution in [1.29, 1.82) is 0 Å². The van der Waals surface area contributed by atoms with E-state index in [1.165, 1.54) is 4.40 Å². The first-order valence-corrected chi connectivity index (χ1v) is 10.3. The van der Waals surface area contributed by atoms with Gasteiger partial charge in [0.2, 0.25) is 5.95 Å². The number of imidazole rings is 1. The van der Waals surface area contributed by atoms with Gasteiger partial charge in [-0.3, -0.25) is 4.40 Å². The fraction of sp³-hybridized carbons (Fsp3) is 0.200. The molecule has 4 aromatic rings. The topological polar surface area (TPSA) is 38.9 Å². The van der Waals surface area contributed by atoms with E-state index in [1.54, 1.807) is 12.3 Å². The molecule has 0 bridgehead atoms. The molecule has 0 aliphatic heterocycles. The summed E-state index contributed by atoms with van der Waals surface area (Å²) in [6.07, 6.45) is 3.69. The maximum atomic E-state index is 15.0. The van der Waals surface area contributed by atoms with Crippen LogP contribution in [0.5, 0.6) is 5.75 Å². The van der Waals surface area contributed by atoms with Gasteiger partial charge >= 0.3 is 0 Å². The average Bonchev–Trinajstić information content (AvgIpc) is 3.58. The maximum absolute atomic E-state index is 15.0. The molecule has 1 aliphatic carbocycles. The van der Waals surface area contributed by atoms with Crippen LogP contribution >= 0.6 is 0 Å². The second-order valence-electron chi connectivity index (χ2n) is 7.44. The Balaban J connectivity index is 1.71. The van der Waals surface area contributed by atoms with Crippen LogP contribution in [0, 0.1) is 5.95 Å². The van der Waals surface area contributed by atoms with Crippen LogP contribution < -0.4 is 4.74 Å². The summed E-state index contributed by atoms with van der Waals surface area (Å²) in [7, 11) is 0. The highest BCUT2D eigenvalue weighted by molar-refractivity contribution is 6.14. The standard InChI is InChI=1S/C25H22FN3O/c1-2-30-21-15-22-28-24(19-13-14-19)25(26)29(22)16-20(21)27-23(17-9-5-3-6-10-17)18-11-7-4-8-12-18/h3-12,15-16,19H,2,13-14H2,1H3. The van der Waals surface area contributed by atoms with E-state index >= 15 is 4.39 Å². The molecule has 0 atom stereocenters. The SMILES string of the molecule is CCOc1cc2nc(C3CC3)c(F)n2cc1N=C(c1ccccc1)c1ccccc1. The van der Waals surface area contributed by atoms with Gasteiger partial charge in [-0.1, -0.05) is 60.7 Å². The Labute approximate surface area is 174 Å². The molecule has 4 nitrogen and oxygen atoms in total. The molecule has 2 aromatic heterocycles. The number of hydrogen-bond acceptors (Lipinski definition) is 3. The van der Waals surface area contributed by atoms with Crippen molar-refractivity contribution in [3.05, 3.63) is 95.7 Å². The van der Waals surface area contributed by atoms with Gasteiger partial charge in [0.25, 0.3) is 0 Å². The summed E-state index contributed by atoms with van der Waals surface area (Å²) in [6, 6.07) is 21.8. The van der Waals surface area contributed by atoms with Gasteiger partial charge in [-0.2, -0.15) is 4.39 Å². The number of halogens is 1. The highest BCUT2D eigenvalue weighted by Crippen LogP contribution is 2.41. The summed E-state index contributed by atoms with van der Waals surface area (Å²) in [5.74, 6) is 0.534. The van der Waals surface area contributed by atoms with Crippen molar-refractivity contribution in [1.82, 2.24) is 9.38 Å². The number of nitrogens with zero attached hydrogens (tertiary/aromatic N) is 3. The van der Waals surface area contributed by atoms with Crippen molar-refractivity contribution in [3.8, 4) is 5.75 Å². The normalized spacial score (nSPS) is 13.4. The van der Waals surface area contributed by atoms with Crippen molar-refractivity contribution in [2.24, 2.45) is 4.99 Å². The summed E-state index contributed by atoms with van der Waals surface area (Å²) in [5, 5.41) is 0. The zero-order chi connectivity index (χ0) is 20.5.